The summed E-state index contributed by atoms with van der Waals surface area (Å²) >= 11 is 7.46. The lowest BCUT2D eigenvalue weighted by molar-refractivity contribution is 0.578. The van der Waals surface area contributed by atoms with Gasteiger partial charge < -0.3 is 4.57 Å². The monoisotopic (exact) mass is 319 g/mol. The van der Waals surface area contributed by atoms with E-state index in [1.165, 1.54) is 15.8 Å². The van der Waals surface area contributed by atoms with E-state index in [4.69, 9.17) is 11.6 Å². The van der Waals surface area contributed by atoms with Gasteiger partial charge >= 0.3 is 0 Å². The van der Waals surface area contributed by atoms with E-state index in [-0.39, 0.29) is 16.7 Å². The molecule has 0 saturated heterocycles. The molecule has 2 heterocycles. The first-order valence-corrected chi connectivity index (χ1v) is 8.21. The van der Waals surface area contributed by atoms with Crippen LogP contribution < -0.4 is 4.72 Å². The molecule has 0 radical (unpaired) electrons. The molecule has 2 aromatic rings. The average Bonchev–Trinajstić information content (AvgIpc) is 2.82. The van der Waals surface area contributed by atoms with E-state index in [0.717, 1.165) is 10.4 Å². The van der Waals surface area contributed by atoms with Gasteiger partial charge in [0.2, 0.25) is 5.03 Å². The molecule has 0 bridgehead atoms. The predicted molar refractivity (Wildman–Crippen MR) is 76.0 cm³/mol. The van der Waals surface area contributed by atoms with Gasteiger partial charge in [0.05, 0.1) is 6.33 Å². The molecule has 8 heteroatoms. The first kappa shape index (κ1) is 14.5. The summed E-state index contributed by atoms with van der Waals surface area (Å²) in [6.45, 7) is 4.25. The summed E-state index contributed by atoms with van der Waals surface area (Å²) in [5, 5.41) is -0.0345. The van der Waals surface area contributed by atoms with Crippen molar-refractivity contribution in [1.29, 1.82) is 0 Å². The number of aromatic nitrogens is 2. The Bertz CT molecular complexity index is 684. The summed E-state index contributed by atoms with van der Waals surface area (Å²) in [5.41, 5.74) is 1.16. The number of aryl methyl sites for hydroxylation is 3. The Balaban J connectivity index is 2.16. The van der Waals surface area contributed by atoms with Crippen molar-refractivity contribution in [3.05, 3.63) is 32.9 Å². The Morgan fingerprint density at radius 3 is 2.63 bits per heavy atom. The molecule has 0 saturated carbocycles. The molecule has 0 aliphatic carbocycles. The molecule has 0 unspecified atom stereocenters. The Hall–Kier alpha value is -0.890. The number of halogens is 1. The molecule has 1 N–H and O–H groups in total. The van der Waals surface area contributed by atoms with E-state index in [0.29, 0.717) is 0 Å². The van der Waals surface area contributed by atoms with Crippen molar-refractivity contribution in [2.75, 3.05) is 0 Å². The van der Waals surface area contributed by atoms with Gasteiger partial charge in [-0.1, -0.05) is 11.6 Å². The normalized spacial score (nSPS) is 12.0. The molecule has 0 atom stereocenters. The van der Waals surface area contributed by atoms with Crippen molar-refractivity contribution < 1.29 is 8.42 Å². The van der Waals surface area contributed by atoms with Crippen LogP contribution in [0, 0.1) is 13.8 Å². The van der Waals surface area contributed by atoms with E-state index in [1.54, 1.807) is 18.4 Å². The van der Waals surface area contributed by atoms with E-state index in [1.807, 2.05) is 19.9 Å². The zero-order valence-electron chi connectivity index (χ0n) is 10.8. The maximum absolute atomic E-state index is 12.1. The van der Waals surface area contributed by atoms with Crippen LogP contribution in [0.4, 0.5) is 0 Å². The smallest absolute Gasteiger partial charge is 0.261 e. The summed E-state index contributed by atoms with van der Waals surface area (Å²) in [7, 11) is -2.04. The second-order valence-electron chi connectivity index (χ2n) is 4.23. The second-order valence-corrected chi connectivity index (χ2v) is 7.61. The van der Waals surface area contributed by atoms with Gasteiger partial charge in [-0.3, -0.25) is 0 Å². The molecular formula is C11H14ClN3O2S2. The van der Waals surface area contributed by atoms with Gasteiger partial charge in [0.25, 0.3) is 10.0 Å². The van der Waals surface area contributed by atoms with E-state index in [2.05, 4.69) is 9.71 Å². The van der Waals surface area contributed by atoms with Crippen LogP contribution in [0.1, 0.15) is 15.3 Å². The fraction of sp³-hybridized carbons (Fsp3) is 0.364. The number of nitrogens with one attached hydrogen (secondary N) is 1. The minimum absolute atomic E-state index is 0.103. The van der Waals surface area contributed by atoms with Crippen LogP contribution in [0.5, 0.6) is 0 Å². The van der Waals surface area contributed by atoms with E-state index in [9.17, 15) is 8.42 Å². The van der Waals surface area contributed by atoms with Gasteiger partial charge in [0.15, 0.2) is 0 Å². The Labute approximate surface area is 121 Å². The van der Waals surface area contributed by atoms with Crippen molar-refractivity contribution in [3.63, 3.8) is 0 Å². The zero-order valence-corrected chi connectivity index (χ0v) is 13.2. The fourth-order valence-electron chi connectivity index (χ4n) is 1.55. The predicted octanol–water partition coefficient (Wildman–Crippen LogP) is 2.23. The number of sulfonamides is 1. The lowest BCUT2D eigenvalue weighted by Crippen LogP contribution is -2.23. The molecule has 104 valence electrons. The molecular weight excluding hydrogens is 306 g/mol. The highest BCUT2D eigenvalue weighted by Gasteiger charge is 2.22. The van der Waals surface area contributed by atoms with Gasteiger partial charge in [-0.15, -0.1) is 11.3 Å². The minimum atomic E-state index is -3.68. The van der Waals surface area contributed by atoms with Crippen molar-refractivity contribution in [2.24, 2.45) is 7.05 Å². The van der Waals surface area contributed by atoms with Gasteiger partial charge in [-0.25, -0.2) is 18.1 Å². The average molecular weight is 320 g/mol. The quantitative estimate of drug-likeness (QED) is 0.940. The topological polar surface area (TPSA) is 64.0 Å². The first-order valence-electron chi connectivity index (χ1n) is 5.53. The molecule has 0 fully saturated rings. The lowest BCUT2D eigenvalue weighted by atomic mass is 10.3. The fourth-order valence-corrected chi connectivity index (χ4v) is 4.06. The highest BCUT2D eigenvalue weighted by molar-refractivity contribution is 7.89. The zero-order chi connectivity index (χ0) is 14.2. The van der Waals surface area contributed by atoms with Crippen molar-refractivity contribution in [3.8, 4) is 0 Å². The highest BCUT2D eigenvalue weighted by atomic mass is 35.5. The SMILES string of the molecule is Cc1cc(CNS(=O)(=O)c2ncn(C)c2Cl)sc1C. The molecule has 2 aromatic heterocycles. The maximum atomic E-state index is 12.1. The summed E-state index contributed by atoms with van der Waals surface area (Å²) in [6.07, 6.45) is 1.37. The summed E-state index contributed by atoms with van der Waals surface area (Å²) in [4.78, 5) is 5.95. The molecule has 0 aromatic carbocycles. The molecule has 0 aliphatic rings. The Kier molecular flexibility index (Phi) is 4.00. The summed E-state index contributed by atoms with van der Waals surface area (Å²) in [5.74, 6) is 0. The largest absolute Gasteiger partial charge is 0.324 e. The van der Waals surface area contributed by atoms with Crippen LogP contribution in [0.15, 0.2) is 17.4 Å². The van der Waals surface area contributed by atoms with Gasteiger partial charge in [0, 0.05) is 23.3 Å². The number of rotatable bonds is 4. The molecule has 19 heavy (non-hydrogen) atoms. The number of hydrogen-bond donors (Lipinski definition) is 1. The highest BCUT2D eigenvalue weighted by Crippen LogP contribution is 2.22. The molecule has 2 rings (SSSR count). The second kappa shape index (κ2) is 5.24. The van der Waals surface area contributed by atoms with Crippen LogP contribution in [0.25, 0.3) is 0 Å². The van der Waals surface area contributed by atoms with Crippen LogP contribution in [-0.2, 0) is 23.6 Å². The number of hydrogen-bond acceptors (Lipinski definition) is 4. The number of imidazole rings is 1. The minimum Gasteiger partial charge on any atom is -0.324 e. The lowest BCUT2D eigenvalue weighted by Gasteiger charge is -2.03. The third-order valence-corrected chi connectivity index (χ3v) is 5.78. The van der Waals surface area contributed by atoms with Crippen LogP contribution in [-0.4, -0.2) is 18.0 Å². The van der Waals surface area contributed by atoms with Crippen LogP contribution in [0.2, 0.25) is 5.15 Å². The van der Waals surface area contributed by atoms with Crippen LogP contribution >= 0.6 is 22.9 Å². The summed E-state index contributed by atoms with van der Waals surface area (Å²) < 4.78 is 28.1. The molecule has 0 amide bonds. The van der Waals surface area contributed by atoms with Gasteiger partial charge in [-0.05, 0) is 25.5 Å². The Morgan fingerprint density at radius 2 is 2.16 bits per heavy atom. The Morgan fingerprint density at radius 1 is 1.47 bits per heavy atom. The standard InChI is InChI=1S/C11H14ClN3O2S2/c1-7-4-9(18-8(7)2)5-14-19(16,17)11-10(12)15(3)6-13-11/h4,6,14H,5H2,1-3H3. The first-order chi connectivity index (χ1) is 8.81. The third-order valence-electron chi connectivity index (χ3n) is 2.74. The summed E-state index contributed by atoms with van der Waals surface area (Å²) in [6, 6.07) is 1.97. The van der Waals surface area contributed by atoms with E-state index < -0.39 is 10.0 Å². The van der Waals surface area contributed by atoms with Crippen molar-refractivity contribution in [1.82, 2.24) is 14.3 Å². The molecule has 0 spiro atoms. The van der Waals surface area contributed by atoms with Gasteiger partial charge in [0.1, 0.15) is 5.15 Å². The molecule has 0 aliphatic heterocycles. The van der Waals surface area contributed by atoms with Crippen molar-refractivity contribution >= 4 is 33.0 Å². The van der Waals surface area contributed by atoms with Gasteiger partial charge in [-0.2, -0.15) is 0 Å². The van der Waals surface area contributed by atoms with E-state index >= 15 is 0 Å². The number of thiophene rings is 1. The number of nitrogens with zero attached hydrogens (tertiary/aromatic N) is 2. The molecule has 5 nitrogen and oxygen atoms in total. The van der Waals surface area contributed by atoms with Crippen LogP contribution in [0.3, 0.4) is 0 Å². The third kappa shape index (κ3) is 3.00. The maximum Gasteiger partial charge on any atom is 0.261 e. The van der Waals surface area contributed by atoms with Crippen molar-refractivity contribution in [2.45, 2.75) is 25.4 Å².